The zero-order chi connectivity index (χ0) is 15.8. The molecule has 0 aromatic carbocycles. The number of nitrogens with zero attached hydrogens (tertiary/aromatic N) is 4. The number of hydrogen-bond donors (Lipinski definition) is 1. The van der Waals surface area contributed by atoms with Gasteiger partial charge >= 0.3 is 0 Å². The molecule has 2 aromatic rings. The van der Waals surface area contributed by atoms with E-state index in [9.17, 15) is 4.79 Å². The van der Waals surface area contributed by atoms with Crippen LogP contribution in [-0.2, 0) is 13.1 Å². The average molecular weight is 396 g/mol. The second kappa shape index (κ2) is 6.33. The lowest BCUT2D eigenvalue weighted by Gasteiger charge is -2.31. The van der Waals surface area contributed by atoms with Gasteiger partial charge in [0.05, 0.1) is 11.4 Å². The van der Waals surface area contributed by atoms with E-state index in [0.29, 0.717) is 5.92 Å². The molecule has 0 radical (unpaired) electrons. The lowest BCUT2D eigenvalue weighted by molar-refractivity contribution is 0.0715. The fourth-order valence-electron chi connectivity index (χ4n) is 3.34. The molecule has 4 heterocycles. The van der Waals surface area contributed by atoms with Crippen molar-refractivity contribution in [2.75, 3.05) is 19.6 Å². The van der Waals surface area contributed by atoms with Crippen molar-refractivity contribution in [1.29, 1.82) is 0 Å². The molecular weight excluding hydrogens is 378 g/mol. The van der Waals surface area contributed by atoms with Crippen LogP contribution in [0.4, 0.5) is 0 Å². The van der Waals surface area contributed by atoms with Gasteiger partial charge in [0.25, 0.3) is 5.91 Å². The van der Waals surface area contributed by atoms with Gasteiger partial charge in [0.15, 0.2) is 0 Å². The van der Waals surface area contributed by atoms with Crippen LogP contribution in [0, 0.1) is 0 Å². The molecule has 1 saturated heterocycles. The Labute approximate surface area is 147 Å². The van der Waals surface area contributed by atoms with Crippen molar-refractivity contribution in [1.82, 2.24) is 25.0 Å². The summed E-state index contributed by atoms with van der Waals surface area (Å²) in [5, 5.41) is 14.0. The number of amides is 1. The number of carbonyl (C=O) groups is 1. The fourth-order valence-corrected chi connectivity index (χ4v) is 4.73. The molecular formula is C15H18BrN5OS. The molecule has 122 valence electrons. The van der Waals surface area contributed by atoms with Crippen LogP contribution in [0.3, 0.4) is 0 Å². The number of thiophene rings is 1. The highest BCUT2D eigenvalue weighted by molar-refractivity contribution is 9.10. The first-order chi connectivity index (χ1) is 11.2. The smallest absolute Gasteiger partial charge is 0.263 e. The van der Waals surface area contributed by atoms with Gasteiger partial charge in [-0.3, -0.25) is 4.79 Å². The topological polar surface area (TPSA) is 63.1 Å². The summed E-state index contributed by atoms with van der Waals surface area (Å²) in [6, 6.07) is 1.90. The van der Waals surface area contributed by atoms with Crippen molar-refractivity contribution < 1.29 is 4.79 Å². The molecule has 2 aliphatic heterocycles. The third-order valence-corrected chi connectivity index (χ3v) is 6.26. The van der Waals surface area contributed by atoms with E-state index in [2.05, 4.69) is 36.0 Å². The van der Waals surface area contributed by atoms with Gasteiger partial charge in [-0.25, -0.2) is 0 Å². The number of hydrogen-bond acceptors (Lipinski definition) is 5. The Morgan fingerprint density at radius 2 is 2.13 bits per heavy atom. The fraction of sp³-hybridized carbons (Fsp3) is 0.533. The van der Waals surface area contributed by atoms with Crippen LogP contribution in [-0.4, -0.2) is 45.2 Å². The van der Waals surface area contributed by atoms with E-state index in [1.54, 1.807) is 0 Å². The number of halogens is 1. The first-order valence-electron chi connectivity index (χ1n) is 7.88. The van der Waals surface area contributed by atoms with Crippen molar-refractivity contribution in [2.24, 2.45) is 0 Å². The minimum Gasteiger partial charge on any atom is -0.338 e. The van der Waals surface area contributed by atoms with E-state index in [0.717, 1.165) is 66.6 Å². The SMILES string of the molecule is O=C(c1cc(Br)cs1)N1CCC(c2nnc3n2CCNC3)CC1. The second-order valence-corrected chi connectivity index (χ2v) is 7.83. The van der Waals surface area contributed by atoms with E-state index in [-0.39, 0.29) is 5.91 Å². The summed E-state index contributed by atoms with van der Waals surface area (Å²) in [5.74, 6) is 2.70. The maximum absolute atomic E-state index is 12.5. The molecule has 0 spiro atoms. The van der Waals surface area contributed by atoms with Gasteiger partial charge in [-0.1, -0.05) is 0 Å². The van der Waals surface area contributed by atoms with Crippen molar-refractivity contribution in [2.45, 2.75) is 31.8 Å². The minimum atomic E-state index is 0.145. The van der Waals surface area contributed by atoms with Crippen molar-refractivity contribution in [3.8, 4) is 0 Å². The Morgan fingerprint density at radius 3 is 2.87 bits per heavy atom. The zero-order valence-corrected chi connectivity index (χ0v) is 15.1. The molecule has 0 saturated carbocycles. The van der Waals surface area contributed by atoms with Gasteiger partial charge in [0.2, 0.25) is 0 Å². The first-order valence-corrected chi connectivity index (χ1v) is 9.55. The molecule has 1 amide bonds. The molecule has 0 atom stereocenters. The minimum absolute atomic E-state index is 0.145. The van der Waals surface area contributed by atoms with E-state index in [4.69, 9.17) is 0 Å². The quantitative estimate of drug-likeness (QED) is 0.846. The molecule has 2 aliphatic rings. The van der Waals surface area contributed by atoms with Gasteiger partial charge in [0.1, 0.15) is 11.6 Å². The normalized spacial score (nSPS) is 18.9. The molecule has 0 bridgehead atoms. The number of carbonyl (C=O) groups excluding carboxylic acids is 1. The highest BCUT2D eigenvalue weighted by Gasteiger charge is 2.29. The number of fused-ring (bicyclic) bond motifs is 1. The number of likely N-dealkylation sites (tertiary alicyclic amines) is 1. The molecule has 4 rings (SSSR count). The summed E-state index contributed by atoms with van der Waals surface area (Å²) in [6.45, 7) is 4.30. The Balaban J connectivity index is 1.43. The number of aromatic nitrogens is 3. The van der Waals surface area contributed by atoms with Gasteiger partial charge < -0.3 is 14.8 Å². The van der Waals surface area contributed by atoms with E-state index in [1.807, 2.05) is 16.3 Å². The molecule has 8 heteroatoms. The Hall–Kier alpha value is -1.25. The van der Waals surface area contributed by atoms with Crippen LogP contribution in [0.5, 0.6) is 0 Å². The van der Waals surface area contributed by atoms with Crippen molar-refractivity contribution in [3.63, 3.8) is 0 Å². The standard InChI is InChI=1S/C15H18BrN5OS/c16-11-7-12(23-9-11)15(22)20-4-1-10(2-5-20)14-19-18-13-8-17-3-6-21(13)14/h7,9-10,17H,1-6,8H2. The first kappa shape index (κ1) is 15.3. The van der Waals surface area contributed by atoms with Crippen LogP contribution in [0.15, 0.2) is 15.9 Å². The summed E-state index contributed by atoms with van der Waals surface area (Å²) in [5.41, 5.74) is 0. The van der Waals surface area contributed by atoms with Crippen molar-refractivity contribution >= 4 is 33.2 Å². The summed E-state index contributed by atoms with van der Waals surface area (Å²) in [6.07, 6.45) is 1.92. The van der Waals surface area contributed by atoms with Gasteiger partial charge in [-0.05, 0) is 34.8 Å². The Bertz CT molecular complexity index is 719. The summed E-state index contributed by atoms with van der Waals surface area (Å²) in [4.78, 5) is 15.3. The molecule has 1 fully saturated rings. The van der Waals surface area contributed by atoms with Crippen molar-refractivity contribution in [3.05, 3.63) is 32.4 Å². The molecule has 23 heavy (non-hydrogen) atoms. The van der Waals surface area contributed by atoms with Gasteiger partial charge in [-0.2, -0.15) is 0 Å². The molecule has 0 aliphatic carbocycles. The van der Waals surface area contributed by atoms with Gasteiger partial charge in [0, 0.05) is 41.9 Å². The van der Waals surface area contributed by atoms with E-state index in [1.165, 1.54) is 11.3 Å². The highest BCUT2D eigenvalue weighted by Crippen LogP contribution is 2.29. The summed E-state index contributed by atoms with van der Waals surface area (Å²) in [7, 11) is 0. The second-order valence-electron chi connectivity index (χ2n) is 6.00. The summed E-state index contributed by atoms with van der Waals surface area (Å²) >= 11 is 4.91. The van der Waals surface area contributed by atoms with E-state index >= 15 is 0 Å². The molecule has 6 nitrogen and oxygen atoms in total. The number of piperidine rings is 1. The zero-order valence-electron chi connectivity index (χ0n) is 12.7. The van der Waals surface area contributed by atoms with Crippen LogP contribution >= 0.6 is 27.3 Å². The third-order valence-electron chi connectivity index (χ3n) is 4.58. The van der Waals surface area contributed by atoms with Crippen LogP contribution in [0.2, 0.25) is 0 Å². The average Bonchev–Trinajstić information content (AvgIpc) is 3.21. The lowest BCUT2D eigenvalue weighted by atomic mass is 9.95. The molecule has 1 N–H and O–H groups in total. The van der Waals surface area contributed by atoms with Gasteiger partial charge in [-0.15, -0.1) is 21.5 Å². The largest absolute Gasteiger partial charge is 0.338 e. The lowest BCUT2D eigenvalue weighted by Crippen LogP contribution is -2.38. The van der Waals surface area contributed by atoms with Crippen LogP contribution in [0.1, 0.15) is 40.1 Å². The Kier molecular flexibility index (Phi) is 4.21. The maximum Gasteiger partial charge on any atom is 0.263 e. The Morgan fingerprint density at radius 1 is 1.30 bits per heavy atom. The maximum atomic E-state index is 12.5. The van der Waals surface area contributed by atoms with Crippen LogP contribution in [0.25, 0.3) is 0 Å². The number of nitrogens with one attached hydrogen (secondary N) is 1. The van der Waals surface area contributed by atoms with Crippen LogP contribution < -0.4 is 5.32 Å². The molecule has 2 aromatic heterocycles. The predicted molar refractivity (Wildman–Crippen MR) is 91.6 cm³/mol. The summed E-state index contributed by atoms with van der Waals surface area (Å²) < 4.78 is 3.24. The highest BCUT2D eigenvalue weighted by atomic mass is 79.9. The monoisotopic (exact) mass is 395 g/mol. The predicted octanol–water partition coefficient (Wildman–Crippen LogP) is 2.23. The number of rotatable bonds is 2. The van der Waals surface area contributed by atoms with E-state index < -0.39 is 0 Å². The third kappa shape index (κ3) is 2.95. The molecule has 0 unspecified atom stereocenters.